The lowest BCUT2D eigenvalue weighted by atomic mass is 9.37. The molecular weight excluding hydrogens is 376 g/mol. The number of hydrogen-bond acceptors (Lipinski definition) is 4. The molecule has 0 radical (unpaired) electrons. The average Bonchev–Trinajstić information content (AvgIpc) is 3.06. The number of rotatable bonds is 1. The molecule has 162 valence electrons. The van der Waals surface area contributed by atoms with Crippen molar-refractivity contribution in [2.24, 2.45) is 33.5 Å². The molecule has 0 bridgehead atoms. The van der Waals surface area contributed by atoms with Crippen molar-refractivity contribution in [2.45, 2.75) is 84.0 Å². The van der Waals surface area contributed by atoms with Gasteiger partial charge >= 0.3 is 0 Å². The molecule has 0 amide bonds. The molecule has 1 spiro atoms. The van der Waals surface area contributed by atoms with E-state index < -0.39 is 11.5 Å². The summed E-state index contributed by atoms with van der Waals surface area (Å²) < 4.78 is 12.1. The van der Waals surface area contributed by atoms with Crippen LogP contribution in [0.3, 0.4) is 0 Å². The molecule has 1 aliphatic heterocycles. The lowest BCUT2D eigenvalue weighted by Gasteiger charge is -2.67. The van der Waals surface area contributed by atoms with Gasteiger partial charge in [0, 0.05) is 16.2 Å². The zero-order chi connectivity index (χ0) is 21.3. The van der Waals surface area contributed by atoms with Crippen molar-refractivity contribution in [2.75, 3.05) is 0 Å². The summed E-state index contributed by atoms with van der Waals surface area (Å²) in [6.45, 7) is 11.2. The third-order valence-electron chi connectivity index (χ3n) is 11.0. The summed E-state index contributed by atoms with van der Waals surface area (Å²) in [5.41, 5.74) is 0.0934. The van der Waals surface area contributed by atoms with Crippen molar-refractivity contribution < 1.29 is 19.1 Å². The van der Waals surface area contributed by atoms with Crippen molar-refractivity contribution in [1.82, 2.24) is 0 Å². The van der Waals surface area contributed by atoms with E-state index in [9.17, 15) is 9.90 Å². The molecule has 9 unspecified atom stereocenters. The van der Waals surface area contributed by atoms with E-state index in [1.54, 1.807) is 6.26 Å². The molecule has 4 fully saturated rings. The topological polar surface area (TPSA) is 63.0 Å². The molecule has 1 aromatic heterocycles. The first-order chi connectivity index (χ1) is 14.0. The second-order valence-electron chi connectivity index (χ2n) is 12.1. The Morgan fingerprint density at radius 3 is 2.57 bits per heavy atom. The zero-order valence-electron chi connectivity index (χ0n) is 18.8. The molecule has 2 heterocycles. The minimum Gasteiger partial charge on any atom is -0.472 e. The highest BCUT2D eigenvalue weighted by atomic mass is 16.6. The molecule has 4 heteroatoms. The average molecular weight is 411 g/mol. The number of allylic oxidation sites excluding steroid dienone is 2. The number of fused-ring (bicyclic) bond motifs is 3. The number of hydrogen-bond donors (Lipinski definition) is 1. The fourth-order valence-electron chi connectivity index (χ4n) is 9.42. The van der Waals surface area contributed by atoms with Gasteiger partial charge in [-0.05, 0) is 66.6 Å². The van der Waals surface area contributed by atoms with E-state index >= 15 is 0 Å². The zero-order valence-corrected chi connectivity index (χ0v) is 18.8. The maximum Gasteiger partial charge on any atom is 0.161 e. The van der Waals surface area contributed by atoms with E-state index in [1.807, 2.05) is 12.3 Å². The van der Waals surface area contributed by atoms with Crippen LogP contribution in [-0.4, -0.2) is 28.7 Å². The third kappa shape index (κ3) is 1.79. The van der Waals surface area contributed by atoms with Gasteiger partial charge in [-0.2, -0.15) is 0 Å². The van der Waals surface area contributed by atoms with Crippen molar-refractivity contribution in [1.29, 1.82) is 0 Å². The molecular formula is C26H34O4. The molecule has 4 nitrogen and oxygen atoms in total. The van der Waals surface area contributed by atoms with Crippen LogP contribution in [0.15, 0.2) is 35.2 Å². The van der Waals surface area contributed by atoms with Crippen LogP contribution in [0.1, 0.15) is 71.8 Å². The quantitative estimate of drug-likeness (QED) is 0.670. The van der Waals surface area contributed by atoms with Crippen LogP contribution in [0, 0.1) is 33.5 Å². The van der Waals surface area contributed by atoms with Crippen LogP contribution < -0.4 is 0 Å². The Hall–Kier alpha value is -1.39. The molecule has 4 aliphatic carbocycles. The lowest BCUT2D eigenvalue weighted by Crippen LogP contribution is -2.69. The van der Waals surface area contributed by atoms with Crippen LogP contribution in [0.4, 0.5) is 0 Å². The summed E-state index contributed by atoms with van der Waals surface area (Å²) in [7, 11) is 0. The smallest absolute Gasteiger partial charge is 0.161 e. The summed E-state index contributed by atoms with van der Waals surface area (Å²) in [4.78, 5) is 12.7. The molecule has 30 heavy (non-hydrogen) atoms. The predicted molar refractivity (Wildman–Crippen MR) is 113 cm³/mol. The highest BCUT2D eigenvalue weighted by Crippen LogP contribution is 2.82. The number of carbonyl (C=O) groups is 1. The number of aliphatic hydroxyl groups excluding tert-OH is 1. The first-order valence-corrected chi connectivity index (χ1v) is 11.6. The van der Waals surface area contributed by atoms with Crippen molar-refractivity contribution in [3.05, 3.63) is 36.3 Å². The van der Waals surface area contributed by atoms with Gasteiger partial charge in [-0.15, -0.1) is 0 Å². The molecule has 1 N–H and O–H groups in total. The Balaban J connectivity index is 1.49. The van der Waals surface area contributed by atoms with Crippen LogP contribution in [0.25, 0.3) is 0 Å². The summed E-state index contributed by atoms with van der Waals surface area (Å²) in [6, 6.07) is 2.11. The second-order valence-corrected chi connectivity index (χ2v) is 12.1. The number of carbonyl (C=O) groups excluding carboxylic acids is 1. The summed E-state index contributed by atoms with van der Waals surface area (Å²) in [5.74, 6) is 1.05. The number of aliphatic hydroxyl groups is 1. The Bertz CT molecular complexity index is 946. The third-order valence-corrected chi connectivity index (χ3v) is 11.0. The fourth-order valence-corrected chi connectivity index (χ4v) is 9.42. The Morgan fingerprint density at radius 1 is 1.10 bits per heavy atom. The number of epoxide rings is 1. The highest BCUT2D eigenvalue weighted by molar-refractivity contribution is 5.95. The van der Waals surface area contributed by atoms with E-state index in [0.717, 1.165) is 19.3 Å². The molecule has 0 aromatic carbocycles. The maximum atomic E-state index is 12.7. The molecule has 9 atom stereocenters. The Kier molecular flexibility index (Phi) is 3.42. The standard InChI is InChI=1S/C26H34O4/c1-22(2)18-13-20(28)25(5)17(23(18,3)9-7-19(22)27)6-10-24(4)16(15-8-11-29-14-15)12-21-26(24,25)30-21/h7-9,11,14,16-18,20-21,28H,6,10,12-13H2,1-5H3. The minimum absolute atomic E-state index is 0.0132. The Labute approximate surface area is 179 Å². The summed E-state index contributed by atoms with van der Waals surface area (Å²) >= 11 is 0. The summed E-state index contributed by atoms with van der Waals surface area (Å²) in [6.07, 6.45) is 11.2. The maximum absolute atomic E-state index is 12.7. The van der Waals surface area contributed by atoms with Gasteiger partial charge in [0.1, 0.15) is 5.60 Å². The van der Waals surface area contributed by atoms with Gasteiger partial charge in [0.2, 0.25) is 0 Å². The molecule has 1 saturated heterocycles. The van der Waals surface area contributed by atoms with Gasteiger partial charge in [0.25, 0.3) is 0 Å². The van der Waals surface area contributed by atoms with E-state index in [2.05, 4.69) is 46.8 Å². The molecule has 5 aliphatic rings. The SMILES string of the molecule is CC1(C)C(=O)C=CC2(C)C1CC(O)C1(C)C2CCC2(C)C(c3ccoc3)CC3OC321. The summed E-state index contributed by atoms with van der Waals surface area (Å²) in [5, 5.41) is 11.8. The van der Waals surface area contributed by atoms with Crippen molar-refractivity contribution >= 4 is 5.78 Å². The van der Waals surface area contributed by atoms with E-state index in [4.69, 9.17) is 9.15 Å². The van der Waals surface area contributed by atoms with Crippen LogP contribution in [0.2, 0.25) is 0 Å². The van der Waals surface area contributed by atoms with Gasteiger partial charge < -0.3 is 14.3 Å². The number of ether oxygens (including phenoxy) is 1. The lowest BCUT2D eigenvalue weighted by molar-refractivity contribution is -0.222. The van der Waals surface area contributed by atoms with Crippen LogP contribution >= 0.6 is 0 Å². The predicted octanol–water partition coefficient (Wildman–Crippen LogP) is 4.88. The van der Waals surface area contributed by atoms with Crippen LogP contribution in [-0.2, 0) is 9.53 Å². The largest absolute Gasteiger partial charge is 0.472 e. The number of ketones is 1. The van der Waals surface area contributed by atoms with E-state index in [1.165, 1.54) is 5.56 Å². The first kappa shape index (κ1) is 19.3. The first-order valence-electron chi connectivity index (χ1n) is 11.6. The molecule has 3 saturated carbocycles. The van der Waals surface area contributed by atoms with Crippen molar-refractivity contribution in [3.63, 3.8) is 0 Å². The van der Waals surface area contributed by atoms with Gasteiger partial charge in [0.05, 0.1) is 24.7 Å². The Morgan fingerprint density at radius 2 is 1.87 bits per heavy atom. The molecule has 1 aromatic rings. The van der Waals surface area contributed by atoms with Crippen LogP contribution in [0.5, 0.6) is 0 Å². The van der Waals surface area contributed by atoms with E-state index in [0.29, 0.717) is 18.3 Å². The van der Waals surface area contributed by atoms with Gasteiger partial charge in [-0.25, -0.2) is 0 Å². The number of furan rings is 1. The fraction of sp³-hybridized carbons (Fsp3) is 0.731. The molecule has 6 rings (SSSR count). The highest BCUT2D eigenvalue weighted by Gasteiger charge is 2.86. The van der Waals surface area contributed by atoms with Crippen molar-refractivity contribution in [3.8, 4) is 0 Å². The van der Waals surface area contributed by atoms with Gasteiger partial charge in [0.15, 0.2) is 5.78 Å². The normalized spacial score (nSPS) is 55.4. The minimum atomic E-state index is -0.466. The van der Waals surface area contributed by atoms with Gasteiger partial charge in [-0.3, -0.25) is 4.79 Å². The second kappa shape index (κ2) is 5.32. The van der Waals surface area contributed by atoms with Gasteiger partial charge in [-0.1, -0.05) is 40.7 Å². The van der Waals surface area contributed by atoms with E-state index in [-0.39, 0.29) is 39.7 Å². The monoisotopic (exact) mass is 410 g/mol.